The Morgan fingerprint density at radius 2 is 1.86 bits per heavy atom. The first-order valence-electron chi connectivity index (χ1n) is 6.69. The molecule has 3 aromatic rings. The van der Waals surface area contributed by atoms with E-state index in [9.17, 15) is 4.79 Å². The highest BCUT2D eigenvalue weighted by Crippen LogP contribution is 2.19. The molecule has 3 rings (SSSR count). The fraction of sp³-hybridized carbons (Fsp3) is 0.267. The molecule has 5 nitrogen and oxygen atoms in total. The van der Waals surface area contributed by atoms with Gasteiger partial charge in [0.25, 0.3) is 5.56 Å². The Morgan fingerprint density at radius 1 is 1.19 bits per heavy atom. The highest BCUT2D eigenvalue weighted by Gasteiger charge is 2.17. The van der Waals surface area contributed by atoms with Crippen molar-refractivity contribution in [2.45, 2.75) is 19.8 Å². The highest BCUT2D eigenvalue weighted by atomic mass is 35.5. The van der Waals surface area contributed by atoms with Crippen LogP contribution in [0.5, 0.6) is 0 Å². The minimum atomic E-state index is -0.161. The van der Waals surface area contributed by atoms with Gasteiger partial charge in [0.15, 0.2) is 11.2 Å². The van der Waals surface area contributed by atoms with E-state index in [1.165, 1.54) is 0 Å². The average Bonchev–Trinajstić information content (AvgIpc) is 2.82. The Bertz CT molecular complexity index is 862. The number of rotatable bonds is 2. The number of aryl methyl sites for hydroxylation is 1. The quantitative estimate of drug-likeness (QED) is 0.731. The predicted octanol–water partition coefficient (Wildman–Crippen LogP) is 2.90. The standard InChI is InChI=1S/C15H15ClN4O/c1-9(2)13-18-14-12(17-8-19(14)3)15(21)20(13)11-6-4-10(16)5-7-11/h4-9H,1-3H3. The topological polar surface area (TPSA) is 52.7 Å². The van der Waals surface area contributed by atoms with Gasteiger partial charge in [0.05, 0.1) is 12.0 Å². The summed E-state index contributed by atoms with van der Waals surface area (Å²) in [5.41, 5.74) is 1.56. The molecule has 108 valence electrons. The van der Waals surface area contributed by atoms with Crippen molar-refractivity contribution in [1.82, 2.24) is 19.1 Å². The molecule has 0 radical (unpaired) electrons. The van der Waals surface area contributed by atoms with Crippen LogP contribution in [0.4, 0.5) is 0 Å². The molecule has 0 saturated heterocycles. The summed E-state index contributed by atoms with van der Waals surface area (Å²) in [7, 11) is 1.83. The summed E-state index contributed by atoms with van der Waals surface area (Å²) in [6.07, 6.45) is 1.61. The third-order valence-corrected chi connectivity index (χ3v) is 3.61. The molecule has 21 heavy (non-hydrogen) atoms. The molecule has 2 heterocycles. The number of aromatic nitrogens is 4. The van der Waals surface area contributed by atoms with E-state index in [0.29, 0.717) is 22.0 Å². The molecule has 0 aliphatic heterocycles. The fourth-order valence-electron chi connectivity index (χ4n) is 2.30. The van der Waals surface area contributed by atoms with Crippen molar-refractivity contribution in [3.05, 3.63) is 51.8 Å². The Balaban J connectivity index is 2.39. The molecule has 0 fully saturated rings. The van der Waals surface area contributed by atoms with Gasteiger partial charge in [-0.05, 0) is 24.3 Å². The number of hydrogen-bond acceptors (Lipinski definition) is 3. The molecule has 2 aromatic heterocycles. The molecule has 0 unspecified atom stereocenters. The van der Waals surface area contributed by atoms with Crippen LogP contribution in [0.15, 0.2) is 35.4 Å². The number of hydrogen-bond donors (Lipinski definition) is 0. The van der Waals surface area contributed by atoms with Gasteiger partial charge < -0.3 is 4.57 Å². The van der Waals surface area contributed by atoms with E-state index in [2.05, 4.69) is 9.97 Å². The average molecular weight is 303 g/mol. The lowest BCUT2D eigenvalue weighted by Gasteiger charge is -2.15. The summed E-state index contributed by atoms with van der Waals surface area (Å²) in [5.74, 6) is 0.811. The molecule has 0 saturated carbocycles. The Hall–Kier alpha value is -2.14. The molecule has 6 heteroatoms. The Morgan fingerprint density at radius 3 is 2.48 bits per heavy atom. The second-order valence-electron chi connectivity index (χ2n) is 5.27. The van der Waals surface area contributed by atoms with Crippen molar-refractivity contribution in [3.8, 4) is 5.69 Å². The number of benzene rings is 1. The van der Waals surface area contributed by atoms with E-state index in [4.69, 9.17) is 11.6 Å². The van der Waals surface area contributed by atoms with Gasteiger partial charge in [-0.15, -0.1) is 0 Å². The van der Waals surface area contributed by atoms with Crippen molar-refractivity contribution in [2.24, 2.45) is 7.05 Å². The van der Waals surface area contributed by atoms with Crippen LogP contribution in [0.3, 0.4) is 0 Å². The molecule has 0 bridgehead atoms. The molecule has 0 N–H and O–H groups in total. The first-order valence-corrected chi connectivity index (χ1v) is 7.06. The lowest BCUT2D eigenvalue weighted by molar-refractivity contribution is 0.717. The third-order valence-electron chi connectivity index (χ3n) is 3.36. The molecule has 1 aromatic carbocycles. The predicted molar refractivity (Wildman–Crippen MR) is 83.2 cm³/mol. The summed E-state index contributed by atoms with van der Waals surface area (Å²) in [6, 6.07) is 7.14. The minimum absolute atomic E-state index is 0.104. The molecule has 0 amide bonds. The minimum Gasteiger partial charge on any atom is -0.318 e. The molecule has 0 atom stereocenters. The van der Waals surface area contributed by atoms with Gasteiger partial charge in [0.1, 0.15) is 5.82 Å². The van der Waals surface area contributed by atoms with Crippen LogP contribution >= 0.6 is 11.6 Å². The number of nitrogens with zero attached hydrogens (tertiary/aromatic N) is 4. The summed E-state index contributed by atoms with van der Waals surface area (Å²) >= 11 is 5.92. The summed E-state index contributed by atoms with van der Waals surface area (Å²) in [4.78, 5) is 21.6. The maximum atomic E-state index is 12.8. The van der Waals surface area contributed by atoms with E-state index in [1.54, 1.807) is 27.6 Å². The Labute approximate surface area is 126 Å². The zero-order valence-corrected chi connectivity index (χ0v) is 12.8. The van der Waals surface area contributed by atoms with E-state index in [0.717, 1.165) is 5.69 Å². The summed E-state index contributed by atoms with van der Waals surface area (Å²) in [6.45, 7) is 4.02. The number of halogens is 1. The van der Waals surface area contributed by atoms with Crippen molar-refractivity contribution >= 4 is 22.8 Å². The van der Waals surface area contributed by atoms with Gasteiger partial charge in [-0.25, -0.2) is 9.97 Å². The monoisotopic (exact) mass is 302 g/mol. The van der Waals surface area contributed by atoms with Gasteiger partial charge in [-0.1, -0.05) is 25.4 Å². The van der Waals surface area contributed by atoms with Crippen LogP contribution in [-0.2, 0) is 7.05 Å². The SMILES string of the molecule is CC(C)c1nc2c(ncn2C)c(=O)n1-c1ccc(Cl)cc1. The fourth-order valence-corrected chi connectivity index (χ4v) is 2.43. The van der Waals surface area contributed by atoms with Crippen LogP contribution in [0, 0.1) is 0 Å². The van der Waals surface area contributed by atoms with Crippen molar-refractivity contribution in [3.63, 3.8) is 0 Å². The first-order chi connectivity index (χ1) is 9.99. The second-order valence-corrected chi connectivity index (χ2v) is 5.71. The van der Waals surface area contributed by atoms with Crippen LogP contribution in [0.2, 0.25) is 5.02 Å². The van der Waals surface area contributed by atoms with E-state index in [1.807, 2.05) is 33.0 Å². The normalized spacial score (nSPS) is 11.5. The first kappa shape index (κ1) is 13.8. The second kappa shape index (κ2) is 5.00. The smallest absolute Gasteiger partial charge is 0.286 e. The van der Waals surface area contributed by atoms with Crippen LogP contribution in [0.25, 0.3) is 16.9 Å². The number of imidazole rings is 1. The van der Waals surface area contributed by atoms with Crippen LogP contribution in [0.1, 0.15) is 25.6 Å². The zero-order valence-electron chi connectivity index (χ0n) is 12.0. The molecule has 0 spiro atoms. The van der Waals surface area contributed by atoms with Gasteiger partial charge in [-0.3, -0.25) is 9.36 Å². The highest BCUT2D eigenvalue weighted by molar-refractivity contribution is 6.30. The maximum absolute atomic E-state index is 12.8. The maximum Gasteiger partial charge on any atom is 0.286 e. The van der Waals surface area contributed by atoms with Crippen LogP contribution < -0.4 is 5.56 Å². The van der Waals surface area contributed by atoms with E-state index >= 15 is 0 Å². The molecule has 0 aliphatic rings. The van der Waals surface area contributed by atoms with Gasteiger partial charge in [-0.2, -0.15) is 0 Å². The van der Waals surface area contributed by atoms with Crippen LogP contribution in [-0.4, -0.2) is 19.1 Å². The van der Waals surface area contributed by atoms with Gasteiger partial charge >= 0.3 is 0 Å². The van der Waals surface area contributed by atoms with E-state index < -0.39 is 0 Å². The number of fused-ring (bicyclic) bond motifs is 1. The lowest BCUT2D eigenvalue weighted by atomic mass is 10.2. The molecular formula is C15H15ClN4O. The largest absolute Gasteiger partial charge is 0.318 e. The third kappa shape index (κ3) is 2.23. The summed E-state index contributed by atoms with van der Waals surface area (Å²) < 4.78 is 3.37. The zero-order chi connectivity index (χ0) is 15.1. The molecule has 0 aliphatic carbocycles. The Kier molecular flexibility index (Phi) is 3.29. The van der Waals surface area contributed by atoms with E-state index in [-0.39, 0.29) is 11.5 Å². The lowest BCUT2D eigenvalue weighted by Crippen LogP contribution is -2.25. The molecular weight excluding hydrogens is 288 g/mol. The summed E-state index contributed by atoms with van der Waals surface area (Å²) in [5, 5.41) is 0.629. The van der Waals surface area contributed by atoms with Crippen molar-refractivity contribution < 1.29 is 0 Å². The van der Waals surface area contributed by atoms with Crippen molar-refractivity contribution in [2.75, 3.05) is 0 Å². The van der Waals surface area contributed by atoms with Gasteiger partial charge in [0.2, 0.25) is 0 Å². The van der Waals surface area contributed by atoms with Crippen molar-refractivity contribution in [1.29, 1.82) is 0 Å². The van der Waals surface area contributed by atoms with Gasteiger partial charge in [0, 0.05) is 18.0 Å².